The average molecular weight is 297 g/mol. The van der Waals surface area contributed by atoms with Crippen LogP contribution in [0.2, 0.25) is 5.02 Å². The van der Waals surface area contributed by atoms with Crippen LogP contribution >= 0.6 is 23.4 Å². The summed E-state index contributed by atoms with van der Waals surface area (Å²) in [6, 6.07) is 5.70. The van der Waals surface area contributed by atoms with Gasteiger partial charge in [0.2, 0.25) is 0 Å². The zero-order valence-electron chi connectivity index (χ0n) is 10.6. The molecule has 0 saturated carbocycles. The molecule has 19 heavy (non-hydrogen) atoms. The summed E-state index contributed by atoms with van der Waals surface area (Å²) in [5.41, 5.74) is 1.93. The Balaban J connectivity index is 2.29. The molecule has 1 aromatic heterocycles. The van der Waals surface area contributed by atoms with Gasteiger partial charge >= 0.3 is 5.97 Å². The fourth-order valence-electron chi connectivity index (χ4n) is 1.62. The second-order valence-corrected chi connectivity index (χ2v) is 5.18. The number of thioether (sulfide) groups is 1. The van der Waals surface area contributed by atoms with Crippen LogP contribution in [-0.4, -0.2) is 28.4 Å². The zero-order valence-corrected chi connectivity index (χ0v) is 12.2. The molecule has 0 fully saturated rings. The summed E-state index contributed by atoms with van der Waals surface area (Å²) in [6.07, 6.45) is 3.54. The number of aromatic nitrogens is 2. The third-order valence-corrected chi connectivity index (χ3v) is 4.00. The summed E-state index contributed by atoms with van der Waals surface area (Å²) in [5, 5.41) is 1.44. The van der Waals surface area contributed by atoms with Gasteiger partial charge in [-0.15, -0.1) is 0 Å². The van der Waals surface area contributed by atoms with Crippen LogP contribution in [0, 0.1) is 6.92 Å². The molecular formula is C13H13ClN2O2S. The van der Waals surface area contributed by atoms with Crippen LogP contribution in [0.4, 0.5) is 0 Å². The molecule has 0 N–H and O–H groups in total. The molecule has 0 aliphatic rings. The van der Waals surface area contributed by atoms with Crippen LogP contribution < -0.4 is 0 Å². The Morgan fingerprint density at radius 1 is 1.53 bits per heavy atom. The van der Waals surface area contributed by atoms with Crippen LogP contribution in [0.25, 0.3) is 5.69 Å². The summed E-state index contributed by atoms with van der Waals surface area (Å²) >= 11 is 7.45. The van der Waals surface area contributed by atoms with E-state index in [0.29, 0.717) is 5.02 Å². The highest BCUT2D eigenvalue weighted by Gasteiger charge is 2.11. The van der Waals surface area contributed by atoms with Gasteiger partial charge in [0.1, 0.15) is 0 Å². The molecule has 4 nitrogen and oxygen atoms in total. The van der Waals surface area contributed by atoms with Crippen LogP contribution in [0.3, 0.4) is 0 Å². The summed E-state index contributed by atoms with van der Waals surface area (Å²) < 4.78 is 6.53. The lowest BCUT2D eigenvalue weighted by Crippen LogP contribution is -2.05. The molecule has 0 unspecified atom stereocenters. The summed E-state index contributed by atoms with van der Waals surface area (Å²) in [6.45, 7) is 1.95. The molecule has 0 spiro atoms. The monoisotopic (exact) mass is 296 g/mol. The van der Waals surface area contributed by atoms with Crippen molar-refractivity contribution in [3.05, 3.63) is 41.2 Å². The van der Waals surface area contributed by atoms with Crippen molar-refractivity contribution in [2.45, 2.75) is 12.1 Å². The minimum atomic E-state index is -0.276. The molecule has 1 aromatic carbocycles. The molecule has 0 bridgehead atoms. The van der Waals surface area contributed by atoms with Crippen LogP contribution in [0.5, 0.6) is 0 Å². The van der Waals surface area contributed by atoms with Gasteiger partial charge in [-0.25, -0.2) is 4.98 Å². The lowest BCUT2D eigenvalue weighted by molar-refractivity contribution is -0.137. The standard InChI is InChI=1S/C13H13ClN2O2S/c1-9-10(14)4-3-5-11(9)16-7-6-15-13(16)19-8-12(17)18-2/h3-7H,8H2,1-2H3. The fourth-order valence-corrected chi connectivity index (χ4v) is 2.59. The van der Waals surface area contributed by atoms with E-state index in [2.05, 4.69) is 9.72 Å². The largest absolute Gasteiger partial charge is 0.468 e. The van der Waals surface area contributed by atoms with Crippen molar-refractivity contribution in [2.75, 3.05) is 12.9 Å². The number of halogens is 1. The third kappa shape index (κ3) is 3.11. The first-order chi connectivity index (χ1) is 9.13. The van der Waals surface area contributed by atoms with Crippen molar-refractivity contribution in [3.8, 4) is 5.69 Å². The van der Waals surface area contributed by atoms with E-state index in [1.165, 1.54) is 18.9 Å². The second kappa shape index (κ2) is 6.12. The molecular weight excluding hydrogens is 284 g/mol. The highest BCUT2D eigenvalue weighted by molar-refractivity contribution is 7.99. The lowest BCUT2D eigenvalue weighted by Gasteiger charge is -2.11. The van der Waals surface area contributed by atoms with Gasteiger partial charge < -0.3 is 4.74 Å². The van der Waals surface area contributed by atoms with E-state index in [1.807, 2.05) is 35.9 Å². The number of imidazole rings is 1. The third-order valence-electron chi connectivity index (χ3n) is 2.65. The molecule has 0 radical (unpaired) electrons. The molecule has 2 rings (SSSR count). The Kier molecular flexibility index (Phi) is 4.50. The number of hydrogen-bond donors (Lipinski definition) is 0. The molecule has 1 heterocycles. The maximum Gasteiger partial charge on any atom is 0.316 e. The van der Waals surface area contributed by atoms with Crippen molar-refractivity contribution in [1.29, 1.82) is 0 Å². The van der Waals surface area contributed by atoms with E-state index in [-0.39, 0.29) is 11.7 Å². The quantitative estimate of drug-likeness (QED) is 0.642. The highest BCUT2D eigenvalue weighted by Crippen LogP contribution is 2.26. The Morgan fingerprint density at radius 2 is 2.32 bits per heavy atom. The molecule has 6 heteroatoms. The Morgan fingerprint density at radius 3 is 3.05 bits per heavy atom. The summed E-state index contributed by atoms with van der Waals surface area (Å²) in [4.78, 5) is 15.4. The molecule has 0 aliphatic carbocycles. The first kappa shape index (κ1) is 14.0. The van der Waals surface area contributed by atoms with Crippen molar-refractivity contribution >= 4 is 29.3 Å². The van der Waals surface area contributed by atoms with E-state index < -0.39 is 0 Å². The number of rotatable bonds is 4. The Hall–Kier alpha value is -1.46. The van der Waals surface area contributed by atoms with Crippen LogP contribution in [-0.2, 0) is 9.53 Å². The Labute approximate surface area is 120 Å². The van der Waals surface area contributed by atoms with E-state index in [9.17, 15) is 4.79 Å². The fraction of sp³-hybridized carbons (Fsp3) is 0.231. The maximum atomic E-state index is 11.2. The van der Waals surface area contributed by atoms with E-state index in [1.54, 1.807) is 6.20 Å². The number of carbonyl (C=O) groups is 1. The number of methoxy groups -OCH3 is 1. The van der Waals surface area contributed by atoms with Gasteiger partial charge in [-0.1, -0.05) is 29.4 Å². The first-order valence-electron chi connectivity index (χ1n) is 5.62. The van der Waals surface area contributed by atoms with E-state index in [0.717, 1.165) is 16.4 Å². The first-order valence-corrected chi connectivity index (χ1v) is 6.98. The van der Waals surface area contributed by atoms with Crippen molar-refractivity contribution in [2.24, 2.45) is 0 Å². The van der Waals surface area contributed by atoms with Gasteiger partial charge in [0.15, 0.2) is 5.16 Å². The predicted molar refractivity (Wildman–Crippen MR) is 76.1 cm³/mol. The van der Waals surface area contributed by atoms with Gasteiger partial charge in [0.25, 0.3) is 0 Å². The molecule has 2 aromatic rings. The normalized spacial score (nSPS) is 10.5. The van der Waals surface area contributed by atoms with Crippen molar-refractivity contribution in [3.63, 3.8) is 0 Å². The number of esters is 1. The van der Waals surface area contributed by atoms with Crippen molar-refractivity contribution in [1.82, 2.24) is 9.55 Å². The van der Waals surface area contributed by atoms with E-state index >= 15 is 0 Å². The number of benzene rings is 1. The van der Waals surface area contributed by atoms with Gasteiger partial charge in [-0.05, 0) is 24.6 Å². The van der Waals surface area contributed by atoms with Crippen LogP contribution in [0.1, 0.15) is 5.56 Å². The van der Waals surface area contributed by atoms with Gasteiger partial charge in [0.05, 0.1) is 18.6 Å². The average Bonchev–Trinajstić information content (AvgIpc) is 2.87. The zero-order chi connectivity index (χ0) is 13.8. The molecule has 0 saturated heterocycles. The highest BCUT2D eigenvalue weighted by atomic mass is 35.5. The SMILES string of the molecule is COC(=O)CSc1nccn1-c1cccc(Cl)c1C. The molecule has 100 valence electrons. The van der Waals surface area contributed by atoms with Gasteiger partial charge in [-0.2, -0.15) is 0 Å². The van der Waals surface area contributed by atoms with E-state index in [4.69, 9.17) is 11.6 Å². The smallest absolute Gasteiger partial charge is 0.316 e. The minimum Gasteiger partial charge on any atom is -0.468 e. The van der Waals surface area contributed by atoms with Gasteiger partial charge in [-0.3, -0.25) is 9.36 Å². The second-order valence-electron chi connectivity index (χ2n) is 3.83. The number of ether oxygens (including phenoxy) is 1. The Bertz CT molecular complexity index is 598. The molecule has 0 amide bonds. The predicted octanol–water partition coefficient (Wildman–Crippen LogP) is 3.10. The van der Waals surface area contributed by atoms with Crippen LogP contribution in [0.15, 0.2) is 35.7 Å². The maximum absolute atomic E-state index is 11.2. The van der Waals surface area contributed by atoms with Gasteiger partial charge in [0, 0.05) is 17.4 Å². The lowest BCUT2D eigenvalue weighted by atomic mass is 10.2. The molecule has 0 aliphatic heterocycles. The topological polar surface area (TPSA) is 44.1 Å². The number of carbonyl (C=O) groups excluding carboxylic acids is 1. The summed E-state index contributed by atoms with van der Waals surface area (Å²) in [7, 11) is 1.37. The number of hydrogen-bond acceptors (Lipinski definition) is 4. The number of nitrogens with zero attached hydrogens (tertiary/aromatic N) is 2. The summed E-state index contributed by atoms with van der Waals surface area (Å²) in [5.74, 6) is -0.0463. The molecule has 0 atom stereocenters. The van der Waals surface area contributed by atoms with Crippen molar-refractivity contribution < 1.29 is 9.53 Å². The minimum absolute atomic E-state index is 0.229.